The van der Waals surface area contributed by atoms with Crippen LogP contribution in [0.1, 0.15) is 16.2 Å². The lowest BCUT2D eigenvalue weighted by Crippen LogP contribution is -2.05. The van der Waals surface area contributed by atoms with Crippen LogP contribution >= 0.6 is 0 Å². The third-order valence-electron chi connectivity index (χ3n) is 3.50. The number of carbonyl (C=O) groups excluding carboxylic acids is 1. The van der Waals surface area contributed by atoms with Crippen molar-refractivity contribution in [1.82, 2.24) is 10.1 Å². The Morgan fingerprint density at radius 1 is 1.12 bits per heavy atom. The zero-order valence-electron chi connectivity index (χ0n) is 13.8. The normalized spacial score (nSPS) is 13.2. The molecule has 0 N–H and O–H groups in total. The highest BCUT2D eigenvalue weighted by molar-refractivity contribution is 7.93. The summed E-state index contributed by atoms with van der Waals surface area (Å²) in [5.41, 5.74) is 0.822. The molecule has 1 unspecified atom stereocenters. The molecule has 0 saturated heterocycles. The van der Waals surface area contributed by atoms with Gasteiger partial charge < -0.3 is 4.52 Å². The summed E-state index contributed by atoms with van der Waals surface area (Å²) in [6.45, 7) is 1.66. The van der Waals surface area contributed by atoms with Crippen molar-refractivity contribution in [3.8, 4) is 11.4 Å². The van der Waals surface area contributed by atoms with Gasteiger partial charge in [-0.1, -0.05) is 17.3 Å². The summed E-state index contributed by atoms with van der Waals surface area (Å²) in [5, 5.41) is 3.77. The van der Waals surface area contributed by atoms with Gasteiger partial charge in [-0.2, -0.15) is 9.35 Å². The topological polar surface area (TPSA) is 85.4 Å². The highest BCUT2D eigenvalue weighted by Gasteiger charge is 2.14. The molecule has 6 nitrogen and oxygen atoms in total. The van der Waals surface area contributed by atoms with Crippen LogP contribution in [0.3, 0.4) is 0 Å². The lowest BCUT2D eigenvalue weighted by molar-refractivity contribution is 0.100. The second-order valence-corrected chi connectivity index (χ2v) is 7.75. The Kier molecular flexibility index (Phi) is 4.64. The summed E-state index contributed by atoms with van der Waals surface area (Å²) in [4.78, 5) is 16.3. The maximum atomic E-state index is 13.3. The van der Waals surface area contributed by atoms with Gasteiger partial charge in [0.15, 0.2) is 11.6 Å². The molecule has 0 saturated carbocycles. The maximum Gasteiger partial charge on any atom is 0.285 e. The molecule has 0 aliphatic carbocycles. The summed E-state index contributed by atoms with van der Waals surface area (Å²) in [5.74, 6) is -2.17. The summed E-state index contributed by atoms with van der Waals surface area (Å²) in [6, 6.07) is 8.91. The average molecular weight is 377 g/mol. The van der Waals surface area contributed by atoms with E-state index in [-0.39, 0.29) is 10.5 Å². The Morgan fingerprint density at radius 2 is 1.81 bits per heavy atom. The van der Waals surface area contributed by atoms with Gasteiger partial charge >= 0.3 is 0 Å². The number of hydrogen-bond donors (Lipinski definition) is 0. The Bertz CT molecular complexity index is 1100. The highest BCUT2D eigenvalue weighted by Crippen LogP contribution is 2.19. The highest BCUT2D eigenvalue weighted by atomic mass is 32.2. The molecule has 26 heavy (non-hydrogen) atoms. The molecule has 1 aromatic heterocycles. The van der Waals surface area contributed by atoms with Crippen LogP contribution in [0.5, 0.6) is 0 Å². The summed E-state index contributed by atoms with van der Waals surface area (Å²) < 4.78 is 47.5. The average Bonchev–Trinajstić information content (AvgIpc) is 3.03. The van der Waals surface area contributed by atoms with E-state index in [0.29, 0.717) is 17.3 Å². The number of carbonyl (C=O) groups is 1. The van der Waals surface area contributed by atoms with Gasteiger partial charge in [0, 0.05) is 24.3 Å². The van der Waals surface area contributed by atoms with Gasteiger partial charge in [0.1, 0.15) is 0 Å². The zero-order valence-corrected chi connectivity index (χ0v) is 14.6. The second-order valence-electron chi connectivity index (χ2n) is 5.49. The van der Waals surface area contributed by atoms with Crippen LogP contribution in [0.4, 0.5) is 8.78 Å². The molecule has 3 aromatic rings. The number of nitrogens with zero attached hydrogens (tertiary/aromatic N) is 3. The van der Waals surface area contributed by atoms with E-state index in [0.717, 1.165) is 18.2 Å². The largest absolute Gasteiger partial charge is 0.339 e. The smallest absolute Gasteiger partial charge is 0.285 e. The number of benzene rings is 2. The fourth-order valence-corrected chi connectivity index (χ4v) is 3.32. The van der Waals surface area contributed by atoms with E-state index in [4.69, 9.17) is 4.52 Å². The van der Waals surface area contributed by atoms with Crippen LogP contribution in [-0.4, -0.2) is 26.5 Å². The third-order valence-corrected chi connectivity index (χ3v) is 5.15. The number of amides is 1. The van der Waals surface area contributed by atoms with Crippen LogP contribution in [0, 0.1) is 18.6 Å². The first-order valence-corrected chi connectivity index (χ1v) is 9.31. The maximum absolute atomic E-state index is 13.3. The van der Waals surface area contributed by atoms with Crippen LogP contribution < -0.4 is 0 Å². The lowest BCUT2D eigenvalue weighted by atomic mass is 10.1. The van der Waals surface area contributed by atoms with Gasteiger partial charge in [-0.3, -0.25) is 4.79 Å². The van der Waals surface area contributed by atoms with Crippen LogP contribution in [0.25, 0.3) is 11.4 Å². The summed E-state index contributed by atoms with van der Waals surface area (Å²) in [6.07, 6.45) is 1.19. The third kappa shape index (κ3) is 3.67. The van der Waals surface area contributed by atoms with Gasteiger partial charge in [0.25, 0.3) is 5.91 Å². The molecular weight excluding hydrogens is 364 g/mol. The van der Waals surface area contributed by atoms with Crippen molar-refractivity contribution >= 4 is 15.6 Å². The van der Waals surface area contributed by atoms with Crippen LogP contribution in [0.2, 0.25) is 0 Å². The Hall–Kier alpha value is -2.94. The fraction of sp³-hybridized carbons (Fsp3) is 0.118. The molecule has 1 atom stereocenters. The second kappa shape index (κ2) is 6.75. The molecule has 0 aliphatic heterocycles. The van der Waals surface area contributed by atoms with E-state index >= 15 is 0 Å². The number of hydrogen-bond acceptors (Lipinski definition) is 5. The monoisotopic (exact) mass is 377 g/mol. The Morgan fingerprint density at radius 3 is 2.38 bits per heavy atom. The van der Waals surface area contributed by atoms with Crippen molar-refractivity contribution in [3.05, 3.63) is 65.6 Å². The summed E-state index contributed by atoms with van der Waals surface area (Å²) >= 11 is 0. The van der Waals surface area contributed by atoms with Crippen LogP contribution in [0.15, 0.2) is 56.2 Å². The molecule has 1 heterocycles. The number of aryl methyl sites for hydroxylation is 1. The first-order chi connectivity index (χ1) is 12.3. The molecule has 0 spiro atoms. The molecular formula is C17H13F2N3O3S. The Labute approximate surface area is 148 Å². The number of halogens is 2. The molecule has 1 amide bonds. The van der Waals surface area contributed by atoms with Crippen molar-refractivity contribution < 1.29 is 22.3 Å². The molecule has 134 valence electrons. The minimum Gasteiger partial charge on any atom is -0.339 e. The van der Waals surface area contributed by atoms with Crippen molar-refractivity contribution in [3.63, 3.8) is 0 Å². The Balaban J connectivity index is 1.89. The van der Waals surface area contributed by atoms with Gasteiger partial charge in [-0.15, -0.1) is 0 Å². The van der Waals surface area contributed by atoms with Gasteiger partial charge in [-0.25, -0.2) is 13.0 Å². The standard InChI is InChI=1S/C17H13F2N3O3S/c1-10-20-16(21-25-10)11-3-5-12(6-4-11)17(23)22-26(2,24)13-7-8-14(18)15(19)9-13/h3-9H,1-2H3. The van der Waals surface area contributed by atoms with E-state index in [2.05, 4.69) is 14.5 Å². The fourth-order valence-electron chi connectivity index (χ4n) is 2.15. The minimum atomic E-state index is -3.23. The van der Waals surface area contributed by atoms with Crippen LogP contribution in [-0.2, 0) is 9.73 Å². The molecule has 0 bridgehead atoms. The van der Waals surface area contributed by atoms with Crippen molar-refractivity contribution in [2.45, 2.75) is 11.8 Å². The predicted molar refractivity (Wildman–Crippen MR) is 89.9 cm³/mol. The van der Waals surface area contributed by atoms with Crippen molar-refractivity contribution in [1.29, 1.82) is 0 Å². The molecule has 0 radical (unpaired) electrons. The zero-order chi connectivity index (χ0) is 18.9. The van der Waals surface area contributed by atoms with E-state index in [1.54, 1.807) is 19.1 Å². The van der Waals surface area contributed by atoms with Crippen molar-refractivity contribution in [2.24, 2.45) is 4.36 Å². The first kappa shape index (κ1) is 17.9. The van der Waals surface area contributed by atoms with Crippen molar-refractivity contribution in [2.75, 3.05) is 6.26 Å². The van der Waals surface area contributed by atoms with E-state index in [1.807, 2.05) is 0 Å². The predicted octanol–water partition coefficient (Wildman–Crippen LogP) is 3.62. The lowest BCUT2D eigenvalue weighted by Gasteiger charge is -2.05. The molecule has 0 fully saturated rings. The van der Waals surface area contributed by atoms with Gasteiger partial charge in [-0.05, 0) is 30.3 Å². The van der Waals surface area contributed by atoms with E-state index in [1.165, 1.54) is 18.4 Å². The summed E-state index contributed by atoms with van der Waals surface area (Å²) in [7, 11) is -3.23. The molecule has 3 rings (SSSR count). The van der Waals surface area contributed by atoms with E-state index < -0.39 is 27.3 Å². The van der Waals surface area contributed by atoms with E-state index in [9.17, 15) is 17.8 Å². The van der Waals surface area contributed by atoms with Gasteiger partial charge in [0.2, 0.25) is 11.7 Å². The molecule has 0 aliphatic rings. The van der Waals surface area contributed by atoms with Gasteiger partial charge in [0.05, 0.1) is 14.6 Å². The number of rotatable bonds is 3. The first-order valence-electron chi connectivity index (χ1n) is 7.38. The minimum absolute atomic E-state index is 0.0661. The SMILES string of the molecule is Cc1nc(-c2ccc(C(=O)N=S(C)(=O)c3ccc(F)c(F)c3)cc2)no1. The number of aromatic nitrogens is 2. The quantitative estimate of drug-likeness (QED) is 0.696. The molecule has 9 heteroatoms. The molecule has 2 aromatic carbocycles.